The minimum Gasteiger partial charge on any atom is -0.493 e. The van der Waals surface area contributed by atoms with Crippen molar-refractivity contribution >= 4 is 5.91 Å². The van der Waals surface area contributed by atoms with Gasteiger partial charge in [-0.1, -0.05) is 0 Å². The lowest BCUT2D eigenvalue weighted by Crippen LogP contribution is -2.38. The molecule has 0 aliphatic carbocycles. The van der Waals surface area contributed by atoms with Crippen LogP contribution in [0.1, 0.15) is 19.4 Å². The Morgan fingerprint density at radius 3 is 2.19 bits per heavy atom. The van der Waals surface area contributed by atoms with Gasteiger partial charge in [0.2, 0.25) is 11.7 Å². The fourth-order valence-corrected chi connectivity index (χ4v) is 2.12. The Labute approximate surface area is 125 Å². The molecule has 0 heterocycles. The first-order valence-electron chi connectivity index (χ1n) is 6.68. The molecule has 21 heavy (non-hydrogen) atoms. The summed E-state index contributed by atoms with van der Waals surface area (Å²) in [6, 6.07) is 3.54. The molecular weight excluding hydrogens is 274 g/mol. The third kappa shape index (κ3) is 3.78. The Bertz CT molecular complexity index is 487. The largest absolute Gasteiger partial charge is 0.493 e. The second kappa shape index (κ2) is 7.73. The lowest BCUT2D eigenvalue weighted by atomic mass is 10.1. The highest BCUT2D eigenvalue weighted by molar-refractivity contribution is 5.77. The zero-order valence-corrected chi connectivity index (χ0v) is 13.2. The highest BCUT2D eigenvalue weighted by Crippen LogP contribution is 2.40. The molecule has 0 unspecified atom stereocenters. The maximum Gasteiger partial charge on any atom is 0.248 e. The predicted octanol–water partition coefficient (Wildman–Crippen LogP) is 1.44. The summed E-state index contributed by atoms with van der Waals surface area (Å²) in [4.78, 5) is 13.4. The fourth-order valence-electron chi connectivity index (χ4n) is 2.12. The van der Waals surface area contributed by atoms with Crippen molar-refractivity contribution in [2.24, 2.45) is 0 Å². The Morgan fingerprint density at radius 1 is 1.14 bits per heavy atom. The topological polar surface area (TPSA) is 68.2 Å². The van der Waals surface area contributed by atoms with Gasteiger partial charge in [0.25, 0.3) is 0 Å². The van der Waals surface area contributed by atoms with Gasteiger partial charge in [0.15, 0.2) is 11.5 Å². The van der Waals surface area contributed by atoms with Crippen LogP contribution in [0.4, 0.5) is 0 Å². The standard InChI is InChI=1S/C15H23NO5/c1-10(2)16(13(18)9-17)8-11-6-7-12(19-3)15(21-5)14(11)20-4/h6-7,10,17H,8-9H2,1-5H3. The number of rotatable bonds is 7. The zero-order valence-electron chi connectivity index (χ0n) is 13.2. The van der Waals surface area contributed by atoms with E-state index in [9.17, 15) is 4.79 Å². The summed E-state index contributed by atoms with van der Waals surface area (Å²) in [5.74, 6) is 1.23. The van der Waals surface area contributed by atoms with E-state index in [2.05, 4.69) is 0 Å². The molecule has 0 aliphatic rings. The van der Waals surface area contributed by atoms with E-state index < -0.39 is 6.61 Å². The number of aliphatic hydroxyl groups excluding tert-OH is 1. The minimum atomic E-state index is -0.520. The van der Waals surface area contributed by atoms with Crippen molar-refractivity contribution in [3.8, 4) is 17.2 Å². The van der Waals surface area contributed by atoms with E-state index in [1.165, 1.54) is 14.2 Å². The van der Waals surface area contributed by atoms with Gasteiger partial charge in [-0.05, 0) is 26.0 Å². The maximum atomic E-state index is 11.8. The van der Waals surface area contributed by atoms with E-state index in [1.807, 2.05) is 19.9 Å². The number of carbonyl (C=O) groups is 1. The third-order valence-corrected chi connectivity index (χ3v) is 3.21. The smallest absolute Gasteiger partial charge is 0.248 e. The molecule has 1 N–H and O–H groups in total. The average molecular weight is 297 g/mol. The Hall–Kier alpha value is -1.95. The molecule has 0 fully saturated rings. The maximum absolute atomic E-state index is 11.8. The molecule has 1 aromatic rings. The molecule has 0 saturated heterocycles. The first-order chi connectivity index (χ1) is 9.99. The molecule has 0 aliphatic heterocycles. The highest BCUT2D eigenvalue weighted by Gasteiger charge is 2.21. The van der Waals surface area contributed by atoms with Gasteiger partial charge >= 0.3 is 0 Å². The summed E-state index contributed by atoms with van der Waals surface area (Å²) in [6.45, 7) is 3.58. The molecule has 1 aromatic carbocycles. The van der Waals surface area contributed by atoms with E-state index in [1.54, 1.807) is 18.1 Å². The van der Waals surface area contributed by atoms with E-state index >= 15 is 0 Å². The lowest BCUT2D eigenvalue weighted by Gasteiger charge is -2.27. The Kier molecular flexibility index (Phi) is 6.30. The van der Waals surface area contributed by atoms with Crippen LogP contribution in [0.15, 0.2) is 12.1 Å². The van der Waals surface area contributed by atoms with Crippen LogP contribution in [0.25, 0.3) is 0 Å². The van der Waals surface area contributed by atoms with Crippen molar-refractivity contribution in [1.29, 1.82) is 0 Å². The molecule has 118 valence electrons. The quantitative estimate of drug-likeness (QED) is 0.825. The number of amides is 1. The summed E-state index contributed by atoms with van der Waals surface area (Å²) in [6.07, 6.45) is 0. The van der Waals surface area contributed by atoms with Gasteiger partial charge in [0.1, 0.15) is 6.61 Å². The van der Waals surface area contributed by atoms with Crippen molar-refractivity contribution in [1.82, 2.24) is 4.90 Å². The van der Waals surface area contributed by atoms with Crippen LogP contribution < -0.4 is 14.2 Å². The number of carbonyl (C=O) groups excluding carboxylic acids is 1. The van der Waals surface area contributed by atoms with Gasteiger partial charge in [-0.2, -0.15) is 0 Å². The van der Waals surface area contributed by atoms with E-state index in [-0.39, 0.29) is 11.9 Å². The first kappa shape index (κ1) is 17.1. The number of methoxy groups -OCH3 is 3. The number of aliphatic hydroxyl groups is 1. The second-order valence-electron chi connectivity index (χ2n) is 4.77. The number of hydrogen-bond acceptors (Lipinski definition) is 5. The van der Waals surface area contributed by atoms with Gasteiger partial charge in [-0.25, -0.2) is 0 Å². The van der Waals surface area contributed by atoms with Gasteiger partial charge in [0.05, 0.1) is 21.3 Å². The molecule has 1 amide bonds. The fraction of sp³-hybridized carbons (Fsp3) is 0.533. The van der Waals surface area contributed by atoms with Gasteiger partial charge in [-0.3, -0.25) is 4.79 Å². The lowest BCUT2D eigenvalue weighted by molar-refractivity contribution is -0.136. The molecular formula is C15H23NO5. The third-order valence-electron chi connectivity index (χ3n) is 3.21. The molecule has 1 rings (SSSR count). The van der Waals surface area contributed by atoms with Crippen LogP contribution in [-0.2, 0) is 11.3 Å². The molecule has 6 heteroatoms. The number of nitrogens with zero attached hydrogens (tertiary/aromatic N) is 1. The number of hydrogen-bond donors (Lipinski definition) is 1. The van der Waals surface area contributed by atoms with Crippen LogP contribution in [0.3, 0.4) is 0 Å². The van der Waals surface area contributed by atoms with Crippen molar-refractivity contribution in [3.05, 3.63) is 17.7 Å². The van der Waals surface area contributed by atoms with E-state index in [0.717, 1.165) is 5.56 Å². The summed E-state index contributed by atoms with van der Waals surface area (Å²) in [7, 11) is 4.62. The van der Waals surface area contributed by atoms with E-state index in [4.69, 9.17) is 19.3 Å². The number of benzene rings is 1. The Balaban J connectivity index is 3.20. The molecule has 0 aromatic heterocycles. The molecule has 6 nitrogen and oxygen atoms in total. The summed E-state index contributed by atoms with van der Waals surface area (Å²) in [5, 5.41) is 9.07. The van der Waals surface area contributed by atoms with Gasteiger partial charge < -0.3 is 24.2 Å². The van der Waals surface area contributed by atoms with Crippen molar-refractivity contribution in [2.45, 2.75) is 26.4 Å². The van der Waals surface area contributed by atoms with Crippen molar-refractivity contribution in [2.75, 3.05) is 27.9 Å². The minimum absolute atomic E-state index is 0.0394. The summed E-state index contributed by atoms with van der Waals surface area (Å²) < 4.78 is 16.0. The molecule has 0 atom stereocenters. The van der Waals surface area contributed by atoms with Crippen LogP contribution in [0, 0.1) is 0 Å². The summed E-state index contributed by atoms with van der Waals surface area (Å²) >= 11 is 0. The summed E-state index contributed by atoms with van der Waals surface area (Å²) in [5.41, 5.74) is 0.783. The normalized spacial score (nSPS) is 10.4. The van der Waals surface area contributed by atoms with Crippen LogP contribution in [0.2, 0.25) is 0 Å². The van der Waals surface area contributed by atoms with Crippen molar-refractivity contribution < 1.29 is 24.1 Å². The molecule has 0 saturated carbocycles. The van der Waals surface area contributed by atoms with Crippen LogP contribution in [0.5, 0.6) is 17.2 Å². The zero-order chi connectivity index (χ0) is 16.0. The predicted molar refractivity (Wildman–Crippen MR) is 78.9 cm³/mol. The first-order valence-corrected chi connectivity index (χ1v) is 6.68. The molecule has 0 spiro atoms. The SMILES string of the molecule is COc1ccc(CN(C(=O)CO)C(C)C)c(OC)c1OC. The van der Waals surface area contributed by atoms with Crippen LogP contribution in [-0.4, -0.2) is 49.9 Å². The molecule has 0 radical (unpaired) electrons. The second-order valence-corrected chi connectivity index (χ2v) is 4.77. The van der Waals surface area contributed by atoms with Gasteiger partial charge in [0, 0.05) is 18.2 Å². The van der Waals surface area contributed by atoms with Gasteiger partial charge in [-0.15, -0.1) is 0 Å². The van der Waals surface area contributed by atoms with Crippen LogP contribution >= 0.6 is 0 Å². The number of ether oxygens (including phenoxy) is 3. The average Bonchev–Trinajstić information content (AvgIpc) is 2.50. The highest BCUT2D eigenvalue weighted by atomic mass is 16.5. The van der Waals surface area contributed by atoms with E-state index in [0.29, 0.717) is 23.8 Å². The molecule has 0 bridgehead atoms. The van der Waals surface area contributed by atoms with Crippen molar-refractivity contribution in [3.63, 3.8) is 0 Å². The monoisotopic (exact) mass is 297 g/mol. The Morgan fingerprint density at radius 2 is 1.76 bits per heavy atom.